The summed E-state index contributed by atoms with van der Waals surface area (Å²) in [6.45, 7) is 22.9. The molecule has 0 unspecified atom stereocenters. The molecule has 120 heavy (non-hydrogen) atoms. The molecule has 1 fully saturated rings. The summed E-state index contributed by atoms with van der Waals surface area (Å²) in [7, 11) is 8.39. The third kappa shape index (κ3) is 14.6. The zero-order valence-corrected chi connectivity index (χ0v) is 71.0. The van der Waals surface area contributed by atoms with Crippen molar-refractivity contribution < 1.29 is 35.9 Å². The number of hydrogen-bond donors (Lipinski definition) is 0. The van der Waals surface area contributed by atoms with Crippen molar-refractivity contribution in [3.63, 3.8) is 0 Å². The molecule has 12 aromatic heterocycles. The SMILES string of the molecule is Cc1ccc2c(n1)oc1c(-c3c(-c4ccc(C5CCCC5)cc4)ccc[n+]3C)c(C)ccc12.Cc1cccc(-c2cc[n+](C)c(-c3c(C)ccc4c3oc3nc(C)ccc34)c2)c1.Cc1cccc(-c2ccc(-c3c(C)ccc4c3oc3nc(C)ccc34)[n+](C)c2)c1.Cc1cccc(-c2ccc[n+](C)c2-c2c(C)ccc3c2oc2nc(C)ccc23)c1. The van der Waals surface area contributed by atoms with Crippen molar-refractivity contribution >= 4 is 88.3 Å². The van der Waals surface area contributed by atoms with Gasteiger partial charge in [0, 0.05) is 102 Å². The average Bonchev–Trinajstić information content (AvgIpc) is 1.59. The molecule has 12 heterocycles. The van der Waals surface area contributed by atoms with Crippen molar-refractivity contribution in [1.82, 2.24) is 19.9 Å². The Kier molecular flexibility index (Phi) is 20.6. The Balaban J connectivity index is 0.000000110. The van der Waals surface area contributed by atoms with Gasteiger partial charge in [-0.1, -0.05) is 175 Å². The highest BCUT2D eigenvalue weighted by Gasteiger charge is 2.30. The van der Waals surface area contributed by atoms with Crippen LogP contribution in [0.25, 0.3) is 178 Å². The zero-order chi connectivity index (χ0) is 82.9. The van der Waals surface area contributed by atoms with Crippen molar-refractivity contribution in [3.8, 4) is 89.5 Å². The number of nitrogens with zero attached hydrogens (tertiary/aromatic N) is 8. The fraction of sp³-hybridized carbons (Fsp3) is 0.185. The summed E-state index contributed by atoms with van der Waals surface area (Å²) in [6, 6.07) is 86.5. The molecule has 8 aromatic carbocycles. The number of rotatable bonds is 9. The summed E-state index contributed by atoms with van der Waals surface area (Å²) in [5, 5.41) is 8.68. The normalized spacial score (nSPS) is 12.3. The Labute approximate surface area is 700 Å². The summed E-state index contributed by atoms with van der Waals surface area (Å²) in [4.78, 5) is 18.5. The minimum absolute atomic E-state index is 0.697. The van der Waals surface area contributed by atoms with Gasteiger partial charge in [-0.25, -0.2) is 38.2 Å². The smallest absolute Gasteiger partial charge is 0.227 e. The Bertz CT molecular complexity index is 7440. The third-order valence-electron chi connectivity index (χ3n) is 24.1. The van der Waals surface area contributed by atoms with E-state index in [-0.39, 0.29) is 0 Å². The van der Waals surface area contributed by atoms with Crippen LogP contribution in [0.1, 0.15) is 98.9 Å². The van der Waals surface area contributed by atoms with E-state index in [9.17, 15) is 0 Å². The number of aromatic nitrogens is 8. The molecule has 12 nitrogen and oxygen atoms in total. The number of hydrogen-bond acceptors (Lipinski definition) is 8. The second-order valence-corrected chi connectivity index (χ2v) is 33.0. The van der Waals surface area contributed by atoms with Crippen LogP contribution in [0.2, 0.25) is 0 Å². The first-order valence-corrected chi connectivity index (χ1v) is 41.6. The Hall–Kier alpha value is -13.8. The van der Waals surface area contributed by atoms with E-state index >= 15 is 0 Å². The van der Waals surface area contributed by atoms with E-state index in [4.69, 9.17) is 17.7 Å². The van der Waals surface area contributed by atoms with Crippen molar-refractivity contribution in [2.24, 2.45) is 28.2 Å². The Morgan fingerprint density at radius 3 is 1.06 bits per heavy atom. The van der Waals surface area contributed by atoms with E-state index in [0.29, 0.717) is 22.9 Å². The van der Waals surface area contributed by atoms with Gasteiger partial charge in [-0.3, -0.25) is 0 Å². The van der Waals surface area contributed by atoms with Crippen molar-refractivity contribution in [3.05, 3.63) is 335 Å². The highest BCUT2D eigenvalue weighted by Crippen LogP contribution is 2.45. The molecule has 0 amide bonds. The first-order chi connectivity index (χ1) is 58.1. The zero-order valence-electron chi connectivity index (χ0n) is 71.0. The topological polar surface area (TPSA) is 120 Å². The van der Waals surface area contributed by atoms with Crippen LogP contribution in [0.5, 0.6) is 0 Å². The van der Waals surface area contributed by atoms with E-state index in [0.717, 1.165) is 133 Å². The van der Waals surface area contributed by atoms with E-state index < -0.39 is 0 Å². The molecule has 0 N–H and O–H groups in total. The average molecular weight is 1570 g/mol. The molecular weight excluding hydrogens is 1470 g/mol. The standard InChI is InChI=1S/C30H29N2O.3C26H23N2O/c1-19-10-16-25-26-17-11-20(2)31-30(26)33-29(25)27(19)28-24(9-6-18-32(28)3)23-14-12-22(13-15-23)21-7-4-5-8-21;1-16-7-5-8-19(15-16)20-9-6-14-28(4)24(20)23-17(2)10-12-21-22-13-11-18(3)27-26(22)29-25(21)23;1-16-6-5-7-19(14-16)20-10-13-23(28(4)15-20)24-17(2)8-11-21-22-12-9-18(3)27-26(22)29-25(21)24;1-16-6-5-7-19(14-16)20-12-13-28(4)23(15-20)24-17(2)8-10-21-22-11-9-18(3)27-26(22)29-25(21)24/h6,9-18,21H,4-5,7-8H2,1-3H3;3*5-15H,1-4H3/q4*+1. The molecule has 1 saturated carbocycles. The molecular formula is C108H98N8O4+4. The minimum atomic E-state index is 0.697. The van der Waals surface area contributed by atoms with E-state index in [2.05, 4.69) is 364 Å². The lowest BCUT2D eigenvalue weighted by atomic mass is 9.92. The number of aryl methyl sites for hydroxylation is 15. The maximum Gasteiger partial charge on any atom is 0.227 e. The lowest BCUT2D eigenvalue weighted by molar-refractivity contribution is -0.660. The number of pyridine rings is 8. The predicted octanol–water partition coefficient (Wildman–Crippen LogP) is 25.6. The molecule has 1 aliphatic rings. The maximum atomic E-state index is 6.41. The third-order valence-corrected chi connectivity index (χ3v) is 24.1. The number of furan rings is 4. The van der Waals surface area contributed by atoms with E-state index in [1.807, 2.05) is 45.9 Å². The molecule has 590 valence electrons. The van der Waals surface area contributed by atoms with Gasteiger partial charge in [0.05, 0.1) is 33.4 Å². The summed E-state index contributed by atoms with van der Waals surface area (Å²) in [6.07, 6.45) is 13.9. The van der Waals surface area contributed by atoms with E-state index in [1.165, 1.54) is 120 Å². The fourth-order valence-corrected chi connectivity index (χ4v) is 17.9. The van der Waals surface area contributed by atoms with Crippen LogP contribution in [-0.4, -0.2) is 19.9 Å². The molecule has 0 spiro atoms. The van der Waals surface area contributed by atoms with Crippen molar-refractivity contribution in [2.75, 3.05) is 0 Å². The second-order valence-electron chi connectivity index (χ2n) is 33.0. The van der Waals surface area contributed by atoms with Gasteiger partial charge in [0.2, 0.25) is 45.6 Å². The van der Waals surface area contributed by atoms with Crippen LogP contribution < -0.4 is 18.3 Å². The summed E-state index contributed by atoms with van der Waals surface area (Å²) < 4.78 is 34.1. The summed E-state index contributed by atoms with van der Waals surface area (Å²) in [5.74, 6) is 0.730. The molecule has 1 aliphatic carbocycles. The fourth-order valence-electron chi connectivity index (χ4n) is 17.9. The quantitative estimate of drug-likeness (QED) is 0.131. The van der Waals surface area contributed by atoms with Crippen LogP contribution in [0.4, 0.5) is 0 Å². The van der Waals surface area contributed by atoms with Crippen LogP contribution in [0.15, 0.2) is 285 Å². The van der Waals surface area contributed by atoms with Gasteiger partial charge in [-0.15, -0.1) is 0 Å². The molecule has 0 bridgehead atoms. The summed E-state index contributed by atoms with van der Waals surface area (Å²) >= 11 is 0. The molecule has 12 heteroatoms. The maximum absolute atomic E-state index is 6.41. The Morgan fingerprint density at radius 1 is 0.275 bits per heavy atom. The van der Waals surface area contributed by atoms with Gasteiger partial charge in [-0.2, -0.15) is 0 Å². The highest BCUT2D eigenvalue weighted by atomic mass is 16.4. The first kappa shape index (κ1) is 77.4. The first-order valence-electron chi connectivity index (χ1n) is 41.6. The largest absolute Gasteiger partial charge is 0.437 e. The Morgan fingerprint density at radius 2 is 0.633 bits per heavy atom. The van der Waals surface area contributed by atoms with Crippen molar-refractivity contribution in [1.29, 1.82) is 0 Å². The van der Waals surface area contributed by atoms with E-state index in [1.54, 1.807) is 0 Å². The highest BCUT2D eigenvalue weighted by molar-refractivity contribution is 6.13. The molecule has 0 aliphatic heterocycles. The molecule has 0 saturated heterocycles. The van der Waals surface area contributed by atoms with Gasteiger partial charge in [0.15, 0.2) is 47.1 Å². The minimum Gasteiger partial charge on any atom is -0.437 e. The van der Waals surface area contributed by atoms with Crippen LogP contribution >= 0.6 is 0 Å². The second kappa shape index (κ2) is 31.9. The molecule has 20 aromatic rings. The van der Waals surface area contributed by atoms with Crippen LogP contribution in [0, 0.1) is 76.2 Å². The molecule has 0 atom stereocenters. The van der Waals surface area contributed by atoms with Crippen LogP contribution in [0.3, 0.4) is 0 Å². The lowest BCUT2D eigenvalue weighted by Crippen LogP contribution is -2.31. The van der Waals surface area contributed by atoms with Gasteiger partial charge in [-0.05, 0) is 217 Å². The van der Waals surface area contributed by atoms with Crippen LogP contribution in [-0.2, 0) is 28.2 Å². The van der Waals surface area contributed by atoms with Crippen molar-refractivity contribution in [2.45, 2.75) is 108 Å². The number of benzene rings is 8. The van der Waals surface area contributed by atoms with Gasteiger partial charge >= 0.3 is 0 Å². The molecule has 21 rings (SSSR count). The van der Waals surface area contributed by atoms with Gasteiger partial charge in [0.1, 0.15) is 28.2 Å². The summed E-state index contributed by atoms with van der Waals surface area (Å²) in [5.41, 5.74) is 39.0. The molecule has 0 radical (unpaired) electrons. The monoisotopic (exact) mass is 1570 g/mol. The van der Waals surface area contributed by atoms with Gasteiger partial charge in [0.25, 0.3) is 0 Å². The number of fused-ring (bicyclic) bond motifs is 12. The lowest BCUT2D eigenvalue weighted by Gasteiger charge is -2.13. The predicted molar refractivity (Wildman–Crippen MR) is 488 cm³/mol. The van der Waals surface area contributed by atoms with Gasteiger partial charge < -0.3 is 17.7 Å².